The van der Waals surface area contributed by atoms with Crippen LogP contribution in [0, 0.1) is 0 Å². The van der Waals surface area contributed by atoms with Gasteiger partial charge in [-0.15, -0.1) is 10.2 Å². The second-order valence-corrected chi connectivity index (χ2v) is 4.48. The molecule has 0 aromatic carbocycles. The summed E-state index contributed by atoms with van der Waals surface area (Å²) in [5.41, 5.74) is 0. The van der Waals surface area contributed by atoms with Crippen LogP contribution in [0.15, 0.2) is 0 Å². The fraction of sp³-hybridized carbons (Fsp3) is 0.700. The van der Waals surface area contributed by atoms with Crippen molar-refractivity contribution < 1.29 is 19.4 Å². The fourth-order valence-corrected chi connectivity index (χ4v) is 1.92. The van der Waals surface area contributed by atoms with Crippen molar-refractivity contribution in [2.45, 2.75) is 25.5 Å². The second kappa shape index (κ2) is 6.28. The van der Waals surface area contributed by atoms with Crippen LogP contribution in [0.25, 0.3) is 0 Å². The summed E-state index contributed by atoms with van der Waals surface area (Å²) in [6.45, 7) is 2.72. The van der Waals surface area contributed by atoms with E-state index in [1.807, 2.05) is 0 Å². The summed E-state index contributed by atoms with van der Waals surface area (Å²) >= 11 is 0. The van der Waals surface area contributed by atoms with Crippen LogP contribution < -0.4 is 5.32 Å². The number of ether oxygens (including phenoxy) is 1. The number of hydrogen-bond acceptors (Lipinski definition) is 6. The third kappa shape index (κ3) is 3.63. The molecule has 2 amide bonds. The van der Waals surface area contributed by atoms with Gasteiger partial charge in [-0.2, -0.15) is 5.21 Å². The Labute approximate surface area is 114 Å². The molecule has 1 aliphatic rings. The number of morpholine rings is 1. The van der Waals surface area contributed by atoms with Crippen molar-refractivity contribution in [3.05, 3.63) is 5.82 Å². The normalized spacial score (nSPS) is 20.4. The van der Waals surface area contributed by atoms with E-state index in [9.17, 15) is 9.59 Å². The topological polar surface area (TPSA) is 133 Å². The van der Waals surface area contributed by atoms with Gasteiger partial charge in [0.1, 0.15) is 0 Å². The molecule has 0 aliphatic carbocycles. The Morgan fingerprint density at radius 1 is 1.65 bits per heavy atom. The van der Waals surface area contributed by atoms with Crippen LogP contribution in [0.3, 0.4) is 0 Å². The third-order valence-corrected chi connectivity index (χ3v) is 2.92. The average Bonchev–Trinajstić information content (AvgIpc) is 2.92. The number of urea groups is 1. The van der Waals surface area contributed by atoms with E-state index in [4.69, 9.17) is 9.84 Å². The van der Waals surface area contributed by atoms with Crippen molar-refractivity contribution in [2.75, 3.05) is 19.7 Å². The lowest BCUT2D eigenvalue weighted by Crippen LogP contribution is -2.50. The van der Waals surface area contributed by atoms with Crippen molar-refractivity contribution in [1.82, 2.24) is 30.8 Å². The number of aromatic nitrogens is 4. The number of aliphatic carboxylic acids is 1. The number of nitrogens with one attached hydrogen (secondary N) is 2. The van der Waals surface area contributed by atoms with Crippen LogP contribution in [-0.2, 0) is 9.53 Å². The number of amides is 2. The first-order valence-corrected chi connectivity index (χ1v) is 6.18. The minimum Gasteiger partial charge on any atom is -0.481 e. The molecule has 0 bridgehead atoms. The number of carbonyl (C=O) groups excluding carboxylic acids is 1. The molecular weight excluding hydrogens is 268 g/mol. The summed E-state index contributed by atoms with van der Waals surface area (Å²) < 4.78 is 5.30. The van der Waals surface area contributed by atoms with Crippen LogP contribution in [0.5, 0.6) is 0 Å². The summed E-state index contributed by atoms with van der Waals surface area (Å²) in [5, 5.41) is 24.8. The Balaban J connectivity index is 1.87. The zero-order valence-corrected chi connectivity index (χ0v) is 10.9. The lowest BCUT2D eigenvalue weighted by Gasteiger charge is -2.32. The first-order chi connectivity index (χ1) is 9.56. The van der Waals surface area contributed by atoms with Gasteiger partial charge in [-0.1, -0.05) is 5.21 Å². The monoisotopic (exact) mass is 284 g/mol. The van der Waals surface area contributed by atoms with Gasteiger partial charge >= 0.3 is 12.0 Å². The molecule has 10 nitrogen and oxygen atoms in total. The molecule has 20 heavy (non-hydrogen) atoms. The van der Waals surface area contributed by atoms with E-state index < -0.39 is 12.1 Å². The Morgan fingerprint density at radius 3 is 3.10 bits per heavy atom. The van der Waals surface area contributed by atoms with Crippen LogP contribution in [0.1, 0.15) is 25.2 Å². The van der Waals surface area contributed by atoms with Crippen LogP contribution in [0.4, 0.5) is 4.79 Å². The number of H-pyrrole nitrogens is 1. The summed E-state index contributed by atoms with van der Waals surface area (Å²) in [6.07, 6.45) is -0.600. The highest BCUT2D eigenvalue weighted by atomic mass is 16.5. The lowest BCUT2D eigenvalue weighted by molar-refractivity contribution is -0.141. The molecule has 1 aromatic rings. The highest BCUT2D eigenvalue weighted by Crippen LogP contribution is 2.11. The largest absolute Gasteiger partial charge is 0.481 e. The van der Waals surface area contributed by atoms with Gasteiger partial charge in [0.2, 0.25) is 0 Å². The van der Waals surface area contributed by atoms with E-state index in [1.54, 1.807) is 6.92 Å². The summed E-state index contributed by atoms with van der Waals surface area (Å²) in [6, 6.07) is -0.692. The Kier molecular flexibility index (Phi) is 4.45. The zero-order valence-electron chi connectivity index (χ0n) is 10.9. The smallest absolute Gasteiger partial charge is 0.318 e. The van der Waals surface area contributed by atoms with Gasteiger partial charge in [-0.3, -0.25) is 4.79 Å². The van der Waals surface area contributed by atoms with Crippen molar-refractivity contribution in [3.63, 3.8) is 0 Å². The molecule has 110 valence electrons. The molecule has 10 heteroatoms. The van der Waals surface area contributed by atoms with Crippen LogP contribution >= 0.6 is 0 Å². The maximum atomic E-state index is 12.1. The van der Waals surface area contributed by atoms with Gasteiger partial charge in [-0.25, -0.2) is 4.79 Å². The Bertz CT molecular complexity index is 464. The number of tetrazole rings is 1. The molecule has 3 N–H and O–H groups in total. The molecule has 0 spiro atoms. The number of rotatable bonds is 4. The van der Waals surface area contributed by atoms with Gasteiger partial charge in [0, 0.05) is 13.1 Å². The quantitative estimate of drug-likeness (QED) is 0.655. The Hall–Kier alpha value is -2.23. The Morgan fingerprint density at radius 2 is 2.45 bits per heavy atom. The molecule has 2 heterocycles. The number of hydrogen-bond donors (Lipinski definition) is 3. The highest BCUT2D eigenvalue weighted by Gasteiger charge is 2.27. The minimum absolute atomic E-state index is 0.121. The lowest BCUT2D eigenvalue weighted by atomic mass is 10.2. The van der Waals surface area contributed by atoms with Crippen molar-refractivity contribution in [3.8, 4) is 0 Å². The van der Waals surface area contributed by atoms with Gasteiger partial charge in [0.05, 0.1) is 25.2 Å². The maximum Gasteiger partial charge on any atom is 0.318 e. The second-order valence-electron chi connectivity index (χ2n) is 4.48. The van der Waals surface area contributed by atoms with Crippen LogP contribution in [0.2, 0.25) is 0 Å². The molecule has 2 rings (SSSR count). The maximum absolute atomic E-state index is 12.1. The van der Waals surface area contributed by atoms with E-state index in [2.05, 4.69) is 25.9 Å². The van der Waals surface area contributed by atoms with Crippen molar-refractivity contribution >= 4 is 12.0 Å². The summed E-state index contributed by atoms with van der Waals surface area (Å²) in [5.74, 6) is -0.564. The molecule has 2 atom stereocenters. The number of nitrogens with zero attached hydrogens (tertiary/aromatic N) is 4. The van der Waals surface area contributed by atoms with E-state index in [0.717, 1.165) is 0 Å². The molecule has 1 saturated heterocycles. The van der Waals surface area contributed by atoms with E-state index >= 15 is 0 Å². The highest BCUT2D eigenvalue weighted by molar-refractivity contribution is 5.75. The van der Waals surface area contributed by atoms with Gasteiger partial charge in [0.25, 0.3) is 0 Å². The number of carbonyl (C=O) groups is 2. The number of carboxylic acid groups (broad SMARTS) is 1. The number of carboxylic acids is 1. The molecule has 0 saturated carbocycles. The fourth-order valence-electron chi connectivity index (χ4n) is 1.92. The molecular formula is C10H16N6O4. The predicted octanol–water partition coefficient (Wildman–Crippen LogP) is -0.854. The predicted molar refractivity (Wildman–Crippen MR) is 64.7 cm³/mol. The summed E-state index contributed by atoms with van der Waals surface area (Å²) in [4.78, 5) is 24.2. The first-order valence-electron chi connectivity index (χ1n) is 6.18. The van der Waals surface area contributed by atoms with Crippen LogP contribution in [-0.4, -0.2) is 68.4 Å². The molecule has 2 unspecified atom stereocenters. The van der Waals surface area contributed by atoms with E-state index in [1.165, 1.54) is 4.90 Å². The molecule has 0 radical (unpaired) electrons. The van der Waals surface area contributed by atoms with Gasteiger partial charge < -0.3 is 20.1 Å². The summed E-state index contributed by atoms with van der Waals surface area (Å²) in [7, 11) is 0. The first kappa shape index (κ1) is 14.2. The third-order valence-electron chi connectivity index (χ3n) is 2.92. The van der Waals surface area contributed by atoms with Gasteiger partial charge in [0.15, 0.2) is 5.82 Å². The minimum atomic E-state index is -0.947. The van der Waals surface area contributed by atoms with E-state index in [-0.39, 0.29) is 25.0 Å². The van der Waals surface area contributed by atoms with Crippen molar-refractivity contribution in [1.29, 1.82) is 0 Å². The average molecular weight is 284 g/mol. The van der Waals surface area contributed by atoms with Gasteiger partial charge in [-0.05, 0) is 6.92 Å². The number of aromatic amines is 1. The molecule has 1 aromatic heterocycles. The zero-order chi connectivity index (χ0) is 14.5. The molecule has 1 aliphatic heterocycles. The SMILES string of the molecule is CC(NC(=O)N1CCOC(CC(=O)O)C1)c1nn[nH]n1. The molecule has 1 fully saturated rings. The van der Waals surface area contributed by atoms with E-state index in [0.29, 0.717) is 19.0 Å². The van der Waals surface area contributed by atoms with Crippen molar-refractivity contribution in [2.24, 2.45) is 0 Å². The standard InChI is InChI=1S/C10H16N6O4/c1-6(9-12-14-15-13-9)11-10(19)16-2-3-20-7(5-16)4-8(17)18/h6-7H,2-5H2,1H3,(H,11,19)(H,17,18)(H,12,13,14,15).